The van der Waals surface area contributed by atoms with Crippen LogP contribution in [-0.2, 0) is 0 Å². The zero-order valence-electron chi connectivity index (χ0n) is 51.0. The van der Waals surface area contributed by atoms with E-state index in [1.54, 1.807) is 0 Å². The third-order valence-electron chi connectivity index (χ3n) is 9.36. The Hall–Kier alpha value is -6.96. The molecule has 0 amide bonds. The van der Waals surface area contributed by atoms with Gasteiger partial charge in [0.25, 0.3) is 0 Å². The Bertz CT molecular complexity index is 4510. The van der Waals surface area contributed by atoms with Crippen molar-refractivity contribution in [2.24, 2.45) is 0 Å². The molecule has 0 aliphatic heterocycles. The summed E-state index contributed by atoms with van der Waals surface area (Å²) in [5.41, 5.74) is -2.11. The van der Waals surface area contributed by atoms with Gasteiger partial charge in [-0.15, -0.1) is 0 Å². The van der Waals surface area contributed by atoms with Crippen LogP contribution >= 0.6 is 0 Å². The molecule has 0 radical (unpaired) electrons. The molecule has 0 fully saturated rings. The normalized spacial score (nSPS) is 18.1. The number of hydrogen-bond acceptors (Lipinski definition) is 1. The molecular formula is C52H32O. The Morgan fingerprint density at radius 2 is 0.925 bits per heavy atom. The highest BCUT2D eigenvalue weighted by Gasteiger charge is 2.21. The molecule has 1 nitrogen and oxygen atoms in total. The molecule has 0 N–H and O–H groups in total. The van der Waals surface area contributed by atoms with E-state index in [1.165, 1.54) is 48.5 Å². The van der Waals surface area contributed by atoms with Gasteiger partial charge in [-0.2, -0.15) is 0 Å². The monoisotopic (exact) mass is 696 g/mol. The van der Waals surface area contributed by atoms with Crippen LogP contribution < -0.4 is 0 Å². The summed E-state index contributed by atoms with van der Waals surface area (Å²) in [5.74, 6) is 0. The van der Waals surface area contributed by atoms with Crippen molar-refractivity contribution in [1.29, 1.82) is 0 Å². The van der Waals surface area contributed by atoms with Gasteiger partial charge in [0.05, 0.1) is 32.9 Å². The minimum atomic E-state index is -0.863. The van der Waals surface area contributed by atoms with Crippen LogP contribution in [0.2, 0.25) is 0 Å². The molecule has 11 aromatic rings. The number of rotatable bonds is 4. The summed E-state index contributed by atoms with van der Waals surface area (Å²) in [7, 11) is 0. The van der Waals surface area contributed by atoms with Crippen molar-refractivity contribution in [1.82, 2.24) is 0 Å². The Kier molecular flexibility index (Phi) is 3.25. The lowest BCUT2D eigenvalue weighted by Crippen LogP contribution is -1.91. The maximum Gasteiger partial charge on any atom is 0.136 e. The Morgan fingerprint density at radius 1 is 0.321 bits per heavy atom. The lowest BCUT2D eigenvalue weighted by atomic mass is 9.85. The van der Waals surface area contributed by atoms with E-state index in [0.717, 1.165) is 0 Å². The van der Waals surface area contributed by atoms with Gasteiger partial charge >= 0.3 is 0 Å². The first-order valence-electron chi connectivity index (χ1n) is 28.3. The van der Waals surface area contributed by atoms with Crippen LogP contribution in [0.3, 0.4) is 0 Å². The average Bonchev–Trinajstić information content (AvgIpc) is 4.03. The first kappa shape index (κ1) is 14.6. The molecular weight excluding hydrogens is 641 g/mol. The molecule has 0 saturated carbocycles. The van der Waals surface area contributed by atoms with Crippen LogP contribution in [0.1, 0.15) is 32.9 Å². The molecule has 11 rings (SSSR count). The topological polar surface area (TPSA) is 13.1 Å². The zero-order chi connectivity index (χ0) is 55.8. The minimum Gasteiger partial charge on any atom is -0.456 e. The maximum atomic E-state index is 9.83. The molecule has 0 atom stereocenters. The Balaban J connectivity index is 1.32. The van der Waals surface area contributed by atoms with Crippen LogP contribution in [-0.4, -0.2) is 0 Å². The van der Waals surface area contributed by atoms with Gasteiger partial charge in [-0.3, -0.25) is 0 Å². The summed E-state index contributed by atoms with van der Waals surface area (Å²) in [6.45, 7) is 0. The second kappa shape index (κ2) is 11.8. The predicted molar refractivity (Wildman–Crippen MR) is 225 cm³/mol. The van der Waals surface area contributed by atoms with Gasteiger partial charge in [-0.05, 0) is 112 Å². The summed E-state index contributed by atoms with van der Waals surface area (Å²) in [6, 6.07) is -4.11. The highest BCUT2D eigenvalue weighted by molar-refractivity contribution is 6.23. The van der Waals surface area contributed by atoms with Gasteiger partial charge in [-0.25, -0.2) is 0 Å². The molecule has 0 bridgehead atoms. The van der Waals surface area contributed by atoms with E-state index in [0.29, 0.717) is 0 Å². The summed E-state index contributed by atoms with van der Waals surface area (Å²) < 4.78 is 220. The first-order valence-corrected chi connectivity index (χ1v) is 16.3. The summed E-state index contributed by atoms with van der Waals surface area (Å²) >= 11 is 0. The number of furan rings is 1. The molecule has 0 aliphatic rings. The summed E-state index contributed by atoms with van der Waals surface area (Å²) in [4.78, 5) is 0. The van der Waals surface area contributed by atoms with Gasteiger partial charge in [-0.1, -0.05) is 163 Å². The molecule has 1 aromatic heterocycles. The third-order valence-corrected chi connectivity index (χ3v) is 9.36. The van der Waals surface area contributed by atoms with Crippen molar-refractivity contribution < 1.29 is 37.3 Å². The minimum absolute atomic E-state index is 0.00491. The SMILES string of the molecule is [2H]c1cc2c(-c3cc([2H])c4c(c3)oc3c([2H])c([2H])c(-c5c([2H])c([2H])c([2H])c6c([2H])c([2H])c([2H])c([2H])c56)c(-c5c([2H])c([2H])c([2H])c([2H])c5[2H])c34)c3cc([2H])c([2H])cc3c(-c3cc([2H])c4c([2H])c([2H])c([2H])c([2H])c4c3)c2cc1[2H]. The van der Waals surface area contributed by atoms with Gasteiger partial charge in [0.2, 0.25) is 0 Å². The van der Waals surface area contributed by atoms with Crippen LogP contribution in [0.5, 0.6) is 0 Å². The second-order valence-corrected chi connectivity index (χ2v) is 12.2. The maximum absolute atomic E-state index is 9.83. The highest BCUT2D eigenvalue weighted by atomic mass is 16.3. The molecule has 0 spiro atoms. The lowest BCUT2D eigenvalue weighted by molar-refractivity contribution is 0.669. The van der Waals surface area contributed by atoms with Crippen LogP contribution in [0, 0.1) is 0 Å². The van der Waals surface area contributed by atoms with E-state index in [-0.39, 0.29) is 101 Å². The van der Waals surface area contributed by atoms with Crippen LogP contribution in [0.15, 0.2) is 198 Å². The first-order chi connectivity index (χ1) is 36.2. The molecule has 0 aliphatic carbocycles. The quantitative estimate of drug-likeness (QED) is 0.167. The van der Waals surface area contributed by atoms with Gasteiger partial charge in [0.1, 0.15) is 11.2 Å². The average molecular weight is 697 g/mol. The fraction of sp³-hybridized carbons (Fsp3) is 0. The number of benzene rings is 10. The fourth-order valence-electron chi connectivity index (χ4n) is 7.16. The zero-order valence-corrected chi connectivity index (χ0v) is 27.0. The van der Waals surface area contributed by atoms with E-state index >= 15 is 0 Å². The molecule has 1 heterocycles. The highest BCUT2D eigenvalue weighted by Crippen LogP contribution is 2.47. The van der Waals surface area contributed by atoms with E-state index in [1.807, 2.05) is 0 Å². The van der Waals surface area contributed by atoms with Crippen molar-refractivity contribution >= 4 is 65.0 Å². The largest absolute Gasteiger partial charge is 0.456 e. The third kappa shape index (κ3) is 4.64. The molecule has 246 valence electrons. The van der Waals surface area contributed by atoms with Crippen LogP contribution in [0.4, 0.5) is 0 Å². The summed E-state index contributed by atoms with van der Waals surface area (Å²) in [5, 5.41) is -0.613. The van der Waals surface area contributed by atoms with Gasteiger partial charge < -0.3 is 4.42 Å². The lowest BCUT2D eigenvalue weighted by Gasteiger charge is -2.18. The molecule has 0 unspecified atom stereocenters. The number of hydrogen-bond donors (Lipinski definition) is 0. The van der Waals surface area contributed by atoms with Crippen LogP contribution in [0.25, 0.3) is 110 Å². The van der Waals surface area contributed by atoms with Crippen molar-refractivity contribution in [2.45, 2.75) is 0 Å². The van der Waals surface area contributed by atoms with Crippen molar-refractivity contribution in [3.63, 3.8) is 0 Å². The van der Waals surface area contributed by atoms with Gasteiger partial charge in [0, 0.05) is 16.3 Å². The van der Waals surface area contributed by atoms with Crippen molar-refractivity contribution in [3.8, 4) is 44.5 Å². The van der Waals surface area contributed by atoms with Crippen molar-refractivity contribution in [3.05, 3.63) is 194 Å². The smallest absolute Gasteiger partial charge is 0.136 e. The fourth-order valence-corrected chi connectivity index (χ4v) is 7.16. The number of fused-ring (bicyclic) bond motifs is 7. The van der Waals surface area contributed by atoms with E-state index in [2.05, 4.69) is 0 Å². The van der Waals surface area contributed by atoms with E-state index in [4.69, 9.17) is 29.1 Å². The standard InChI is InChI=1S/C52H32O/c1-2-15-35(16-3-1)51-45(40-24-12-18-34-14-6-7-19-39(34)40)29-30-47-52(51)46-28-27-38(32-48(46)53-47)50-43-22-10-8-20-41(43)49(42-21-9-11-23-44(42)50)37-26-25-33-13-4-5-17-36(33)31-37/h1-32H/i1D,2D,3D,4D,5D,6D,7D,8D,9D,10D,11D,12D,13D,14D,15D,16D,17D,18D,19D,24D,25D,28D,29D,30D. The predicted octanol–water partition coefficient (Wildman–Crippen LogP) is 14.9. The molecule has 0 saturated heterocycles. The van der Waals surface area contributed by atoms with Gasteiger partial charge in [0.15, 0.2) is 0 Å². The molecule has 53 heavy (non-hydrogen) atoms. The van der Waals surface area contributed by atoms with E-state index < -0.39 is 153 Å². The van der Waals surface area contributed by atoms with Crippen molar-refractivity contribution in [2.75, 3.05) is 0 Å². The van der Waals surface area contributed by atoms with E-state index in [9.17, 15) is 8.22 Å². The summed E-state index contributed by atoms with van der Waals surface area (Å²) in [6.07, 6.45) is 0. The Morgan fingerprint density at radius 3 is 1.66 bits per heavy atom. The molecule has 10 aromatic carbocycles. The molecule has 1 heteroatoms. The Labute approximate surface area is 340 Å². The second-order valence-electron chi connectivity index (χ2n) is 12.2.